The molecule has 1 fully saturated rings. The van der Waals surface area contributed by atoms with Gasteiger partial charge in [0.15, 0.2) is 0 Å². The summed E-state index contributed by atoms with van der Waals surface area (Å²) in [5.41, 5.74) is 2.65. The Kier molecular flexibility index (Phi) is 8.30. The molecule has 0 bridgehead atoms. The largest absolute Gasteiger partial charge is 0.450 e. The first-order valence-corrected chi connectivity index (χ1v) is 11.2. The van der Waals surface area contributed by atoms with Crippen LogP contribution in [0.25, 0.3) is 5.69 Å². The average Bonchev–Trinajstić information content (AvgIpc) is 3.32. The van der Waals surface area contributed by atoms with Crippen molar-refractivity contribution in [2.75, 3.05) is 26.2 Å². The van der Waals surface area contributed by atoms with E-state index in [2.05, 4.69) is 10.6 Å². The number of piperidine rings is 1. The highest BCUT2D eigenvalue weighted by Crippen LogP contribution is 2.16. The lowest BCUT2D eigenvalue weighted by Crippen LogP contribution is -2.46. The number of likely N-dealkylation sites (tertiary alicyclic amines) is 1. The number of amides is 3. The molecule has 0 radical (unpaired) electrons. The van der Waals surface area contributed by atoms with Crippen LogP contribution in [0.3, 0.4) is 0 Å². The first-order chi connectivity index (χ1) is 15.5. The maximum Gasteiger partial charge on any atom is 0.409 e. The number of hydrogen-bond donors (Lipinski definition) is 2. The number of rotatable bonds is 8. The fourth-order valence-corrected chi connectivity index (χ4v) is 3.80. The highest BCUT2D eigenvalue weighted by molar-refractivity contribution is 5.94. The summed E-state index contributed by atoms with van der Waals surface area (Å²) >= 11 is 0. The summed E-state index contributed by atoms with van der Waals surface area (Å²) in [5, 5.41) is 5.92. The van der Waals surface area contributed by atoms with Crippen LogP contribution in [-0.2, 0) is 9.53 Å². The molecule has 1 aromatic heterocycles. The molecule has 0 saturated carbocycles. The van der Waals surface area contributed by atoms with Crippen molar-refractivity contribution in [2.45, 2.75) is 45.6 Å². The lowest BCUT2D eigenvalue weighted by atomic mass is 10.1. The van der Waals surface area contributed by atoms with E-state index in [1.807, 2.05) is 54.2 Å². The van der Waals surface area contributed by atoms with Crippen LogP contribution >= 0.6 is 0 Å². The van der Waals surface area contributed by atoms with E-state index in [1.165, 1.54) is 0 Å². The Morgan fingerprint density at radius 2 is 1.84 bits per heavy atom. The van der Waals surface area contributed by atoms with Gasteiger partial charge in [-0.2, -0.15) is 0 Å². The number of ether oxygens (including phenoxy) is 1. The first-order valence-electron chi connectivity index (χ1n) is 11.2. The highest BCUT2D eigenvalue weighted by atomic mass is 16.6. The molecule has 2 N–H and O–H groups in total. The fraction of sp³-hybridized carbons (Fsp3) is 0.458. The molecule has 1 aromatic carbocycles. The third-order valence-corrected chi connectivity index (χ3v) is 5.61. The normalized spacial score (nSPS) is 14.1. The Labute approximate surface area is 188 Å². The molecule has 0 unspecified atom stereocenters. The van der Waals surface area contributed by atoms with Crippen LogP contribution in [0.4, 0.5) is 4.79 Å². The van der Waals surface area contributed by atoms with Gasteiger partial charge in [0, 0.05) is 55.7 Å². The van der Waals surface area contributed by atoms with E-state index in [0.29, 0.717) is 44.6 Å². The van der Waals surface area contributed by atoms with Crippen LogP contribution in [0.2, 0.25) is 0 Å². The van der Waals surface area contributed by atoms with Crippen molar-refractivity contribution >= 4 is 17.9 Å². The van der Waals surface area contributed by atoms with Crippen LogP contribution in [0.5, 0.6) is 0 Å². The molecule has 0 aliphatic carbocycles. The number of aromatic nitrogens is 1. The van der Waals surface area contributed by atoms with Gasteiger partial charge in [-0.05, 0) is 62.9 Å². The van der Waals surface area contributed by atoms with Gasteiger partial charge in [-0.1, -0.05) is 6.07 Å². The van der Waals surface area contributed by atoms with Crippen LogP contribution in [-0.4, -0.2) is 59.7 Å². The third kappa shape index (κ3) is 6.35. The molecular formula is C24H32N4O4. The number of hydrogen-bond acceptors (Lipinski definition) is 4. The molecule has 8 nitrogen and oxygen atoms in total. The van der Waals surface area contributed by atoms with E-state index in [4.69, 9.17) is 4.74 Å². The summed E-state index contributed by atoms with van der Waals surface area (Å²) in [6.45, 7) is 5.76. The van der Waals surface area contributed by atoms with Crippen molar-refractivity contribution in [1.82, 2.24) is 20.1 Å². The molecular weight excluding hydrogens is 408 g/mol. The zero-order valence-electron chi connectivity index (χ0n) is 18.8. The van der Waals surface area contributed by atoms with Gasteiger partial charge < -0.3 is 24.8 Å². The van der Waals surface area contributed by atoms with Crippen LogP contribution in [0.1, 0.15) is 48.5 Å². The average molecular weight is 441 g/mol. The van der Waals surface area contributed by atoms with Crippen molar-refractivity contribution in [3.63, 3.8) is 0 Å². The molecule has 32 heavy (non-hydrogen) atoms. The molecule has 172 valence electrons. The van der Waals surface area contributed by atoms with Crippen molar-refractivity contribution in [3.8, 4) is 5.69 Å². The monoisotopic (exact) mass is 440 g/mol. The lowest BCUT2D eigenvalue weighted by molar-refractivity contribution is -0.122. The summed E-state index contributed by atoms with van der Waals surface area (Å²) in [4.78, 5) is 38.1. The number of aryl methyl sites for hydroxylation is 1. The summed E-state index contributed by atoms with van der Waals surface area (Å²) in [6, 6.07) is 9.59. The molecule has 1 aliphatic rings. The van der Waals surface area contributed by atoms with E-state index in [0.717, 1.165) is 24.1 Å². The van der Waals surface area contributed by atoms with Gasteiger partial charge in [0.1, 0.15) is 0 Å². The Bertz CT molecular complexity index is 918. The van der Waals surface area contributed by atoms with Crippen LogP contribution < -0.4 is 10.6 Å². The predicted molar refractivity (Wildman–Crippen MR) is 122 cm³/mol. The van der Waals surface area contributed by atoms with Gasteiger partial charge in [-0.3, -0.25) is 9.59 Å². The smallest absolute Gasteiger partial charge is 0.409 e. The second-order valence-electron chi connectivity index (χ2n) is 7.98. The van der Waals surface area contributed by atoms with Crippen LogP contribution in [0, 0.1) is 6.92 Å². The second-order valence-corrected chi connectivity index (χ2v) is 7.98. The minimum atomic E-state index is -0.290. The van der Waals surface area contributed by atoms with Gasteiger partial charge in [-0.25, -0.2) is 4.79 Å². The zero-order valence-corrected chi connectivity index (χ0v) is 18.8. The van der Waals surface area contributed by atoms with Gasteiger partial charge in [0.25, 0.3) is 5.91 Å². The highest BCUT2D eigenvalue weighted by Gasteiger charge is 2.24. The molecule has 1 aliphatic heterocycles. The number of nitrogens with zero attached hydrogens (tertiary/aromatic N) is 2. The minimum absolute atomic E-state index is 0.0286. The Balaban J connectivity index is 1.37. The molecule has 0 spiro atoms. The summed E-state index contributed by atoms with van der Waals surface area (Å²) in [5.74, 6) is -0.177. The van der Waals surface area contributed by atoms with Crippen molar-refractivity contribution in [1.29, 1.82) is 0 Å². The molecule has 2 heterocycles. The summed E-state index contributed by atoms with van der Waals surface area (Å²) in [7, 11) is 0. The molecule has 1 saturated heterocycles. The van der Waals surface area contributed by atoms with E-state index >= 15 is 0 Å². The molecule has 8 heteroatoms. The van der Waals surface area contributed by atoms with Crippen molar-refractivity contribution < 1.29 is 19.1 Å². The number of carbonyl (C=O) groups excluding carboxylic acids is 3. The van der Waals surface area contributed by atoms with Crippen LogP contribution in [0.15, 0.2) is 42.7 Å². The van der Waals surface area contributed by atoms with Gasteiger partial charge >= 0.3 is 6.09 Å². The Morgan fingerprint density at radius 1 is 1.12 bits per heavy atom. The van der Waals surface area contributed by atoms with Gasteiger partial charge in [-0.15, -0.1) is 0 Å². The van der Waals surface area contributed by atoms with Gasteiger partial charge in [0.2, 0.25) is 5.91 Å². The van der Waals surface area contributed by atoms with E-state index in [1.54, 1.807) is 11.8 Å². The third-order valence-electron chi connectivity index (χ3n) is 5.61. The molecule has 3 amide bonds. The first kappa shape index (κ1) is 23.4. The quantitative estimate of drug-likeness (QED) is 0.617. The zero-order chi connectivity index (χ0) is 22.9. The number of nitrogens with one attached hydrogen (secondary N) is 2. The molecule has 3 rings (SSSR count). The fourth-order valence-electron chi connectivity index (χ4n) is 3.80. The molecule has 2 aromatic rings. The summed E-state index contributed by atoms with van der Waals surface area (Å²) in [6.07, 6.45) is 5.96. The van der Waals surface area contributed by atoms with E-state index < -0.39 is 0 Å². The Morgan fingerprint density at radius 3 is 2.53 bits per heavy atom. The van der Waals surface area contributed by atoms with E-state index in [-0.39, 0.29) is 23.9 Å². The summed E-state index contributed by atoms with van der Waals surface area (Å²) < 4.78 is 6.99. The maximum absolute atomic E-state index is 12.5. The predicted octanol–water partition coefficient (Wildman–Crippen LogP) is 3.03. The SMILES string of the molecule is CCOC(=O)N1CCC(NC(=O)CCCNC(=O)c2ccc(C)c(-n3cccc3)c2)CC1. The van der Waals surface area contributed by atoms with Gasteiger partial charge in [0.05, 0.1) is 6.61 Å². The lowest BCUT2D eigenvalue weighted by Gasteiger charge is -2.31. The number of carbonyl (C=O) groups is 3. The minimum Gasteiger partial charge on any atom is -0.450 e. The second kappa shape index (κ2) is 11.4. The van der Waals surface area contributed by atoms with E-state index in [9.17, 15) is 14.4 Å². The molecule has 0 atom stereocenters. The standard InChI is InChI=1S/C24H32N4O4/c1-3-32-24(31)28-15-10-20(11-16-28)26-22(29)7-6-12-25-23(30)19-9-8-18(2)21(17-19)27-13-4-5-14-27/h4-5,8-9,13-14,17,20H,3,6-7,10-12,15-16H2,1-2H3,(H,25,30)(H,26,29). The van der Waals surface area contributed by atoms with Crippen molar-refractivity contribution in [2.24, 2.45) is 0 Å². The van der Waals surface area contributed by atoms with Crippen molar-refractivity contribution in [3.05, 3.63) is 53.9 Å². The Hall–Kier alpha value is -3.29. The number of benzene rings is 1. The maximum atomic E-state index is 12.5. The topological polar surface area (TPSA) is 92.7 Å².